The summed E-state index contributed by atoms with van der Waals surface area (Å²) in [7, 11) is 0. The van der Waals surface area contributed by atoms with Crippen molar-refractivity contribution in [3.63, 3.8) is 0 Å². The maximum atomic E-state index is 12.7. The maximum absolute atomic E-state index is 12.7. The summed E-state index contributed by atoms with van der Waals surface area (Å²) in [5, 5.41) is 12.5. The molecule has 0 fully saturated rings. The Morgan fingerprint density at radius 3 is 1.96 bits per heavy atom. The van der Waals surface area contributed by atoms with Gasteiger partial charge in [0.05, 0.1) is 5.56 Å². The first kappa shape index (κ1) is 19.0. The van der Waals surface area contributed by atoms with Crippen molar-refractivity contribution in [2.45, 2.75) is 6.42 Å². The first-order valence-corrected chi connectivity index (χ1v) is 8.62. The van der Waals surface area contributed by atoms with Crippen molar-refractivity contribution < 1.29 is 24.3 Å². The van der Waals surface area contributed by atoms with Crippen LogP contribution in [0.2, 0.25) is 0 Å². The van der Waals surface area contributed by atoms with Crippen LogP contribution in [0.4, 0.5) is 0 Å². The number of aldehydes is 2. The van der Waals surface area contributed by atoms with Crippen molar-refractivity contribution in [2.75, 3.05) is 6.54 Å². The van der Waals surface area contributed by atoms with Crippen molar-refractivity contribution in [3.8, 4) is 0 Å². The largest absolute Gasteiger partial charge is 0.478 e. The number of hydrogen-bond donors (Lipinski definition) is 2. The van der Waals surface area contributed by atoms with Crippen molar-refractivity contribution in [2.24, 2.45) is 0 Å². The molecule has 3 rings (SSSR count). The third kappa shape index (κ3) is 3.66. The molecular formula is C22H17NO5. The first-order valence-electron chi connectivity index (χ1n) is 8.62. The maximum Gasteiger partial charge on any atom is 0.336 e. The Labute approximate surface area is 160 Å². The summed E-state index contributed by atoms with van der Waals surface area (Å²) >= 11 is 0. The van der Waals surface area contributed by atoms with Crippen LogP contribution in [0.5, 0.6) is 0 Å². The average Bonchev–Trinajstić information content (AvgIpc) is 2.72. The summed E-state index contributed by atoms with van der Waals surface area (Å²) in [4.78, 5) is 47.3. The fourth-order valence-electron chi connectivity index (χ4n) is 3.17. The molecule has 0 aliphatic rings. The number of aromatic carboxylic acids is 1. The minimum atomic E-state index is -1.24. The number of nitrogens with one attached hydrogen (secondary N) is 1. The van der Waals surface area contributed by atoms with E-state index in [-0.39, 0.29) is 33.0 Å². The lowest BCUT2D eigenvalue weighted by molar-refractivity contribution is 0.0698. The summed E-state index contributed by atoms with van der Waals surface area (Å²) in [5.74, 6) is -1.68. The molecule has 0 heterocycles. The number of carboxylic acids is 1. The Morgan fingerprint density at radius 2 is 1.39 bits per heavy atom. The number of carbonyl (C=O) groups is 4. The van der Waals surface area contributed by atoms with E-state index in [2.05, 4.69) is 5.32 Å². The van der Waals surface area contributed by atoms with Gasteiger partial charge in [0.1, 0.15) is 0 Å². The molecule has 3 aromatic carbocycles. The summed E-state index contributed by atoms with van der Waals surface area (Å²) in [6.07, 6.45) is 1.68. The van der Waals surface area contributed by atoms with Gasteiger partial charge in [-0.05, 0) is 24.1 Å². The molecule has 0 unspecified atom stereocenters. The van der Waals surface area contributed by atoms with Gasteiger partial charge in [0.25, 0.3) is 5.91 Å². The lowest BCUT2D eigenvalue weighted by atomic mass is 9.92. The van der Waals surface area contributed by atoms with Gasteiger partial charge in [0.15, 0.2) is 12.6 Å². The second-order valence-corrected chi connectivity index (χ2v) is 6.19. The lowest BCUT2D eigenvalue weighted by Gasteiger charge is -2.13. The summed E-state index contributed by atoms with van der Waals surface area (Å²) in [6.45, 7) is 0.370. The SMILES string of the molecule is O=Cc1ccc(C=O)c2c(C(=O)NCCc3ccccc3)ccc(C(=O)O)c12. The van der Waals surface area contributed by atoms with E-state index in [1.54, 1.807) is 0 Å². The van der Waals surface area contributed by atoms with E-state index in [0.717, 1.165) is 5.56 Å². The monoisotopic (exact) mass is 375 g/mol. The van der Waals surface area contributed by atoms with E-state index in [1.807, 2.05) is 30.3 Å². The fourth-order valence-corrected chi connectivity index (χ4v) is 3.17. The van der Waals surface area contributed by atoms with Crippen LogP contribution in [-0.4, -0.2) is 36.1 Å². The van der Waals surface area contributed by atoms with Gasteiger partial charge in [-0.25, -0.2) is 4.79 Å². The van der Waals surface area contributed by atoms with Crippen molar-refractivity contribution >= 4 is 35.2 Å². The van der Waals surface area contributed by atoms with Gasteiger partial charge < -0.3 is 10.4 Å². The quantitative estimate of drug-likeness (QED) is 0.618. The summed E-state index contributed by atoms with van der Waals surface area (Å²) in [5.41, 5.74) is 1.33. The van der Waals surface area contributed by atoms with Gasteiger partial charge in [-0.15, -0.1) is 0 Å². The molecule has 140 valence electrons. The van der Waals surface area contributed by atoms with Crippen LogP contribution in [0.25, 0.3) is 10.8 Å². The van der Waals surface area contributed by atoms with Crippen molar-refractivity contribution in [1.82, 2.24) is 5.32 Å². The number of hydrogen-bond acceptors (Lipinski definition) is 4. The Kier molecular flexibility index (Phi) is 5.60. The van der Waals surface area contributed by atoms with Crippen LogP contribution in [0.3, 0.4) is 0 Å². The van der Waals surface area contributed by atoms with E-state index in [9.17, 15) is 24.3 Å². The molecule has 28 heavy (non-hydrogen) atoms. The number of amides is 1. The van der Waals surface area contributed by atoms with Crippen LogP contribution in [0.15, 0.2) is 54.6 Å². The van der Waals surface area contributed by atoms with Crippen LogP contribution >= 0.6 is 0 Å². The van der Waals surface area contributed by atoms with E-state index in [4.69, 9.17) is 0 Å². The highest BCUT2D eigenvalue weighted by molar-refractivity contribution is 6.20. The molecule has 0 aliphatic heterocycles. The van der Waals surface area contributed by atoms with E-state index < -0.39 is 11.9 Å². The molecule has 2 N–H and O–H groups in total. The van der Waals surface area contributed by atoms with E-state index in [0.29, 0.717) is 25.5 Å². The molecule has 0 aromatic heterocycles. The van der Waals surface area contributed by atoms with E-state index in [1.165, 1.54) is 24.3 Å². The topological polar surface area (TPSA) is 101 Å². The Hall–Kier alpha value is -3.80. The number of carboxylic acid groups (broad SMARTS) is 1. The Morgan fingerprint density at radius 1 is 0.821 bits per heavy atom. The second-order valence-electron chi connectivity index (χ2n) is 6.19. The van der Waals surface area contributed by atoms with Crippen LogP contribution in [0.1, 0.15) is 47.0 Å². The Balaban J connectivity index is 2.02. The summed E-state index contributed by atoms with van der Waals surface area (Å²) in [6, 6.07) is 15.1. The molecule has 6 heteroatoms. The first-order chi connectivity index (χ1) is 13.6. The molecule has 3 aromatic rings. The molecular weight excluding hydrogens is 358 g/mol. The predicted molar refractivity (Wildman–Crippen MR) is 104 cm³/mol. The molecule has 0 saturated carbocycles. The van der Waals surface area contributed by atoms with Crippen LogP contribution in [0, 0.1) is 0 Å². The number of fused-ring (bicyclic) bond motifs is 1. The van der Waals surface area contributed by atoms with Gasteiger partial charge in [0, 0.05) is 34.0 Å². The average molecular weight is 375 g/mol. The second kappa shape index (κ2) is 8.26. The molecule has 1 amide bonds. The molecule has 0 radical (unpaired) electrons. The molecule has 0 atom stereocenters. The molecule has 0 spiro atoms. The normalized spacial score (nSPS) is 10.4. The van der Waals surface area contributed by atoms with Gasteiger partial charge in [-0.2, -0.15) is 0 Å². The van der Waals surface area contributed by atoms with E-state index >= 15 is 0 Å². The molecule has 6 nitrogen and oxygen atoms in total. The van der Waals surface area contributed by atoms with Crippen molar-refractivity contribution in [1.29, 1.82) is 0 Å². The zero-order chi connectivity index (χ0) is 20.1. The molecule has 0 aliphatic carbocycles. The third-order valence-electron chi connectivity index (χ3n) is 4.50. The number of benzene rings is 3. The van der Waals surface area contributed by atoms with Gasteiger partial charge in [0.2, 0.25) is 0 Å². The zero-order valence-corrected chi connectivity index (χ0v) is 14.8. The molecule has 0 bridgehead atoms. The zero-order valence-electron chi connectivity index (χ0n) is 14.8. The van der Waals surface area contributed by atoms with Gasteiger partial charge >= 0.3 is 5.97 Å². The minimum absolute atomic E-state index is 0.0859. The molecule has 0 saturated heterocycles. The summed E-state index contributed by atoms with van der Waals surface area (Å²) < 4.78 is 0. The van der Waals surface area contributed by atoms with Gasteiger partial charge in [-0.3, -0.25) is 14.4 Å². The lowest BCUT2D eigenvalue weighted by Crippen LogP contribution is -2.26. The van der Waals surface area contributed by atoms with Crippen molar-refractivity contribution in [3.05, 3.63) is 82.4 Å². The fraction of sp³-hybridized carbons (Fsp3) is 0.0909. The minimum Gasteiger partial charge on any atom is -0.478 e. The standard InChI is InChI=1S/C22H17NO5/c24-12-15-6-7-16(13-25)20-18(22(27)28)9-8-17(19(15)20)21(26)23-11-10-14-4-2-1-3-5-14/h1-9,12-13H,10-11H2,(H,23,26)(H,27,28). The predicted octanol–water partition coefficient (Wildman–Crippen LogP) is 3.14. The number of carbonyl (C=O) groups excluding carboxylic acids is 3. The van der Waals surface area contributed by atoms with Crippen LogP contribution in [-0.2, 0) is 6.42 Å². The smallest absolute Gasteiger partial charge is 0.336 e. The highest BCUT2D eigenvalue weighted by Crippen LogP contribution is 2.29. The van der Waals surface area contributed by atoms with Crippen LogP contribution < -0.4 is 5.32 Å². The highest BCUT2D eigenvalue weighted by Gasteiger charge is 2.20. The Bertz CT molecular complexity index is 1070. The number of rotatable bonds is 7. The third-order valence-corrected chi connectivity index (χ3v) is 4.50. The van der Waals surface area contributed by atoms with Gasteiger partial charge in [-0.1, -0.05) is 42.5 Å². The highest BCUT2D eigenvalue weighted by atomic mass is 16.4.